The van der Waals surface area contributed by atoms with Gasteiger partial charge in [-0.05, 0) is 0 Å². The van der Waals surface area contributed by atoms with Gasteiger partial charge in [0.1, 0.15) is 0 Å². The van der Waals surface area contributed by atoms with Crippen LogP contribution in [-0.4, -0.2) is 13.5 Å². The Bertz CT molecular complexity index is 17.2. The van der Waals surface area contributed by atoms with Gasteiger partial charge in [-0.1, -0.05) is 0 Å². The van der Waals surface area contributed by atoms with Crippen molar-refractivity contribution in [2.45, 2.75) is 13.3 Å². The third-order valence-corrected chi connectivity index (χ3v) is 0.289. The van der Waals surface area contributed by atoms with E-state index in [-0.39, 0.29) is 0 Å². The molecule has 0 aromatic carbocycles. The normalized spacial score (nSPS) is 6.00. The van der Waals surface area contributed by atoms with E-state index in [1.54, 1.807) is 0 Å². The Balaban J connectivity index is 2.30. The van der Waals surface area contributed by atoms with Crippen LogP contribution >= 0.6 is 0 Å². The molecule has 0 atom stereocenters. The summed E-state index contributed by atoms with van der Waals surface area (Å²) in [5.41, 5.74) is 0. The molecule has 1 heteroatoms. The van der Waals surface area contributed by atoms with E-state index in [2.05, 4.69) is 14.4 Å². The SMILES string of the molecule is B=CCC. The maximum absolute atomic E-state index is 3.48. The van der Waals surface area contributed by atoms with E-state index in [1.165, 1.54) is 0 Å². The van der Waals surface area contributed by atoms with Crippen molar-refractivity contribution in [1.29, 1.82) is 0 Å². The van der Waals surface area contributed by atoms with Gasteiger partial charge >= 0.3 is 26.8 Å². The average Bonchev–Trinajstić information content (AvgIpc) is 1.37. The summed E-state index contributed by atoms with van der Waals surface area (Å²) in [5.74, 6) is 1.88. The van der Waals surface area contributed by atoms with E-state index in [0.717, 1.165) is 6.42 Å². The maximum atomic E-state index is 3.48. The van der Waals surface area contributed by atoms with Gasteiger partial charge in [0.2, 0.25) is 0 Å². The molecule has 4 heavy (non-hydrogen) atoms. The van der Waals surface area contributed by atoms with Gasteiger partial charge in [-0.2, -0.15) is 0 Å². The van der Waals surface area contributed by atoms with Gasteiger partial charge in [-0.15, -0.1) is 0 Å². The molecule has 0 saturated heterocycles. The van der Waals surface area contributed by atoms with Crippen LogP contribution in [0, 0.1) is 0 Å². The van der Waals surface area contributed by atoms with Crippen molar-refractivity contribution >= 4 is 13.5 Å². The van der Waals surface area contributed by atoms with Gasteiger partial charge in [0.25, 0.3) is 0 Å². The summed E-state index contributed by atoms with van der Waals surface area (Å²) >= 11 is 0. The molecule has 0 amide bonds. The molecule has 0 spiro atoms. The van der Waals surface area contributed by atoms with E-state index in [1.807, 2.05) is 5.97 Å². The Morgan fingerprint density at radius 1 is 2.00 bits per heavy atom. The molecule has 0 unspecified atom stereocenters. The summed E-state index contributed by atoms with van der Waals surface area (Å²) < 4.78 is 0. The molecule has 22 valence electrons. The molecule has 0 N–H and O–H groups in total. The summed E-state index contributed by atoms with van der Waals surface area (Å²) in [6.45, 7) is 2.06. The first-order chi connectivity index (χ1) is 1.91. The summed E-state index contributed by atoms with van der Waals surface area (Å²) in [6, 6.07) is 0. The van der Waals surface area contributed by atoms with Crippen molar-refractivity contribution < 1.29 is 0 Å². The fourth-order valence-electron chi connectivity index (χ4n) is 0. The molecular formula is C3H7B. The Morgan fingerprint density at radius 3 is 2.25 bits per heavy atom. The zero-order valence-electron chi connectivity index (χ0n) is 2.99. The van der Waals surface area contributed by atoms with Crippen molar-refractivity contribution in [2.24, 2.45) is 0 Å². The quantitative estimate of drug-likeness (QED) is 0.372. The van der Waals surface area contributed by atoms with Crippen molar-refractivity contribution in [3.63, 3.8) is 0 Å². The molecule has 0 aromatic rings. The van der Waals surface area contributed by atoms with Crippen LogP contribution in [0.25, 0.3) is 0 Å². The Morgan fingerprint density at radius 2 is 2.25 bits per heavy atom. The second kappa shape index (κ2) is 2.93. The third kappa shape index (κ3) is 1.93. The predicted molar refractivity (Wildman–Crippen MR) is 23.5 cm³/mol. The van der Waals surface area contributed by atoms with Crippen LogP contribution in [0.2, 0.25) is 0 Å². The van der Waals surface area contributed by atoms with Crippen molar-refractivity contribution in [3.05, 3.63) is 0 Å². The van der Waals surface area contributed by atoms with Crippen molar-refractivity contribution in [1.82, 2.24) is 0 Å². The zero-order valence-corrected chi connectivity index (χ0v) is 2.99. The van der Waals surface area contributed by atoms with Gasteiger partial charge in [0, 0.05) is 0 Å². The van der Waals surface area contributed by atoms with E-state index in [4.69, 9.17) is 0 Å². The molecule has 0 radical (unpaired) electrons. The molecule has 0 aliphatic rings. The fourth-order valence-corrected chi connectivity index (χ4v) is 0. The predicted octanol–water partition coefficient (Wildman–Crippen LogP) is 0.0994. The summed E-state index contributed by atoms with van der Waals surface area (Å²) in [7, 11) is 3.48. The van der Waals surface area contributed by atoms with Gasteiger partial charge in [0.15, 0.2) is 0 Å². The summed E-state index contributed by atoms with van der Waals surface area (Å²) in [6.07, 6.45) is 1.08. The van der Waals surface area contributed by atoms with Crippen LogP contribution in [0.15, 0.2) is 0 Å². The van der Waals surface area contributed by atoms with Crippen LogP contribution in [0.4, 0.5) is 0 Å². The van der Waals surface area contributed by atoms with Crippen LogP contribution in [-0.2, 0) is 0 Å². The van der Waals surface area contributed by atoms with E-state index in [9.17, 15) is 0 Å². The molecule has 0 bridgehead atoms. The van der Waals surface area contributed by atoms with Crippen LogP contribution in [0.1, 0.15) is 13.3 Å². The molecule has 0 rings (SSSR count). The number of rotatable bonds is 1. The monoisotopic (exact) mass is 54.1 g/mol. The van der Waals surface area contributed by atoms with Gasteiger partial charge < -0.3 is 0 Å². The number of hydrogen-bond acceptors (Lipinski definition) is 0. The molecule has 0 aliphatic carbocycles. The van der Waals surface area contributed by atoms with Gasteiger partial charge in [-0.3, -0.25) is 0 Å². The summed E-state index contributed by atoms with van der Waals surface area (Å²) in [5, 5.41) is 0. The Labute approximate surface area is 27.9 Å². The Hall–Kier alpha value is -0.0651. The van der Waals surface area contributed by atoms with E-state index < -0.39 is 0 Å². The van der Waals surface area contributed by atoms with E-state index in [0.29, 0.717) is 0 Å². The molecule has 0 fully saturated rings. The first-order valence-electron chi connectivity index (χ1n) is 1.52. The molecular weight excluding hydrogens is 46.8 g/mol. The molecule has 0 saturated carbocycles. The zero-order chi connectivity index (χ0) is 3.41. The topological polar surface area (TPSA) is 0 Å². The molecule has 0 nitrogen and oxygen atoms in total. The second-order valence-corrected chi connectivity index (χ2v) is 0.697. The first kappa shape index (κ1) is 3.93. The second-order valence-electron chi connectivity index (χ2n) is 0.697. The van der Waals surface area contributed by atoms with Crippen molar-refractivity contribution in [3.8, 4) is 0 Å². The minimum absolute atomic E-state index is 1.08. The van der Waals surface area contributed by atoms with Crippen LogP contribution in [0.3, 0.4) is 0 Å². The molecule has 0 aromatic heterocycles. The first-order valence-corrected chi connectivity index (χ1v) is 1.52. The standard InChI is InChI=1S/C3H7B/c1-2-3-4/h3-4H,2H2,1H3. The van der Waals surface area contributed by atoms with Crippen LogP contribution in [0.5, 0.6) is 0 Å². The third-order valence-electron chi connectivity index (χ3n) is 0.289. The fraction of sp³-hybridized carbons (Fsp3) is 0.667. The molecule has 0 heterocycles. The molecule has 0 aliphatic heterocycles. The van der Waals surface area contributed by atoms with E-state index >= 15 is 0 Å². The van der Waals surface area contributed by atoms with Crippen molar-refractivity contribution in [2.75, 3.05) is 0 Å². The minimum atomic E-state index is 1.08. The number of hydrogen-bond donors (Lipinski definition) is 0. The van der Waals surface area contributed by atoms with Gasteiger partial charge in [0.05, 0.1) is 0 Å². The average molecular weight is 53.9 g/mol. The van der Waals surface area contributed by atoms with Crippen LogP contribution < -0.4 is 0 Å². The summed E-state index contributed by atoms with van der Waals surface area (Å²) in [4.78, 5) is 0. The van der Waals surface area contributed by atoms with Gasteiger partial charge in [-0.25, -0.2) is 0 Å². The Kier molecular flexibility index (Phi) is 2.89.